The van der Waals surface area contributed by atoms with Crippen LogP contribution in [0.25, 0.3) is 0 Å². The zero-order chi connectivity index (χ0) is 15.6. The Morgan fingerprint density at radius 2 is 1.76 bits per heavy atom. The van der Waals surface area contributed by atoms with E-state index < -0.39 is 40.5 Å². The van der Waals surface area contributed by atoms with Gasteiger partial charge in [0.25, 0.3) is 0 Å². The smallest absolute Gasteiger partial charge is 0.339 e. The lowest BCUT2D eigenvalue weighted by molar-refractivity contribution is 0.0694. The molecule has 1 N–H and O–H groups in total. The summed E-state index contributed by atoms with van der Waals surface area (Å²) < 4.78 is 45.3. The van der Waals surface area contributed by atoms with Gasteiger partial charge in [0.05, 0.1) is 11.6 Å². The summed E-state index contributed by atoms with van der Waals surface area (Å²) >= 11 is 0. The maximum Gasteiger partial charge on any atom is 0.339 e. The highest BCUT2D eigenvalue weighted by molar-refractivity contribution is 5.91. The van der Waals surface area contributed by atoms with E-state index in [1.54, 1.807) is 6.07 Å². The van der Waals surface area contributed by atoms with Crippen molar-refractivity contribution in [2.24, 2.45) is 0 Å². The molecule has 0 unspecified atom stereocenters. The van der Waals surface area contributed by atoms with E-state index in [-0.39, 0.29) is 5.56 Å². The Bertz CT molecular complexity index is 746. The second-order valence-corrected chi connectivity index (χ2v) is 3.93. The van der Waals surface area contributed by atoms with Crippen molar-refractivity contribution in [1.82, 2.24) is 0 Å². The third-order valence-corrected chi connectivity index (χ3v) is 2.51. The maximum absolute atomic E-state index is 13.7. The van der Waals surface area contributed by atoms with E-state index in [4.69, 9.17) is 15.1 Å². The molecule has 0 heterocycles. The standard InChI is InChI=1S/C14H6F3NO3/c15-8-1-2-9(14(19)20)12(5-8)21-13-10(16)3-7(6-18)4-11(13)17/h1-5H,(H,19,20). The molecule has 0 atom stereocenters. The Hall–Kier alpha value is -3.01. The highest BCUT2D eigenvalue weighted by atomic mass is 19.1. The molecule has 0 saturated heterocycles. The molecular formula is C14H6F3NO3. The van der Waals surface area contributed by atoms with Crippen molar-refractivity contribution in [2.75, 3.05) is 0 Å². The number of hydrogen-bond acceptors (Lipinski definition) is 3. The zero-order valence-electron chi connectivity index (χ0n) is 10.2. The van der Waals surface area contributed by atoms with Gasteiger partial charge in [-0.3, -0.25) is 0 Å². The van der Waals surface area contributed by atoms with Crippen LogP contribution in [0.1, 0.15) is 15.9 Å². The van der Waals surface area contributed by atoms with Gasteiger partial charge in [-0.05, 0) is 24.3 Å². The molecule has 0 spiro atoms. The third-order valence-electron chi connectivity index (χ3n) is 2.51. The number of benzene rings is 2. The molecule has 4 nitrogen and oxygen atoms in total. The molecule has 0 bridgehead atoms. The first kappa shape index (κ1) is 14.4. The van der Waals surface area contributed by atoms with Gasteiger partial charge < -0.3 is 9.84 Å². The molecule has 0 fully saturated rings. The van der Waals surface area contributed by atoms with Crippen LogP contribution in [-0.4, -0.2) is 11.1 Å². The summed E-state index contributed by atoms with van der Waals surface area (Å²) in [7, 11) is 0. The Morgan fingerprint density at radius 3 is 2.29 bits per heavy atom. The van der Waals surface area contributed by atoms with E-state index in [1.165, 1.54) is 0 Å². The summed E-state index contributed by atoms with van der Waals surface area (Å²) in [5.74, 6) is -6.14. The van der Waals surface area contributed by atoms with Gasteiger partial charge in [0, 0.05) is 6.07 Å². The highest BCUT2D eigenvalue weighted by Gasteiger charge is 2.18. The van der Waals surface area contributed by atoms with Crippen LogP contribution < -0.4 is 4.74 Å². The first-order chi connectivity index (χ1) is 9.92. The minimum atomic E-state index is -1.44. The van der Waals surface area contributed by atoms with Crippen LogP contribution in [0.2, 0.25) is 0 Å². The van der Waals surface area contributed by atoms with Crippen molar-refractivity contribution in [1.29, 1.82) is 5.26 Å². The quantitative estimate of drug-likeness (QED) is 0.940. The molecular weight excluding hydrogens is 287 g/mol. The molecule has 21 heavy (non-hydrogen) atoms. The van der Waals surface area contributed by atoms with E-state index in [0.717, 1.165) is 24.3 Å². The van der Waals surface area contributed by atoms with Crippen LogP contribution in [0.15, 0.2) is 30.3 Å². The van der Waals surface area contributed by atoms with Crippen molar-refractivity contribution in [3.8, 4) is 17.6 Å². The van der Waals surface area contributed by atoms with Gasteiger partial charge in [0.2, 0.25) is 0 Å². The number of aromatic carboxylic acids is 1. The van der Waals surface area contributed by atoms with Gasteiger partial charge in [-0.2, -0.15) is 5.26 Å². The fraction of sp³-hybridized carbons (Fsp3) is 0. The normalized spacial score (nSPS) is 10.0. The molecule has 2 aromatic rings. The predicted octanol–water partition coefficient (Wildman–Crippen LogP) is 3.47. The van der Waals surface area contributed by atoms with Gasteiger partial charge in [-0.25, -0.2) is 18.0 Å². The lowest BCUT2D eigenvalue weighted by Crippen LogP contribution is -2.02. The summed E-state index contributed by atoms with van der Waals surface area (Å²) in [6, 6.07) is 5.47. The molecule has 0 aliphatic carbocycles. The number of ether oxygens (including phenoxy) is 1. The minimum absolute atomic E-state index is 0.268. The molecule has 2 rings (SSSR count). The number of nitrogens with zero attached hydrogens (tertiary/aromatic N) is 1. The van der Waals surface area contributed by atoms with Crippen LogP contribution in [0.5, 0.6) is 11.5 Å². The van der Waals surface area contributed by atoms with Crippen molar-refractivity contribution < 1.29 is 27.8 Å². The number of carboxylic acid groups (broad SMARTS) is 1. The van der Waals surface area contributed by atoms with E-state index in [0.29, 0.717) is 6.07 Å². The van der Waals surface area contributed by atoms with Crippen LogP contribution in [0.3, 0.4) is 0 Å². The second-order valence-electron chi connectivity index (χ2n) is 3.93. The van der Waals surface area contributed by atoms with Gasteiger partial charge in [0.1, 0.15) is 17.1 Å². The van der Waals surface area contributed by atoms with Gasteiger partial charge in [0.15, 0.2) is 17.4 Å². The summed E-state index contributed by atoms with van der Waals surface area (Å²) in [6.07, 6.45) is 0. The third kappa shape index (κ3) is 2.95. The summed E-state index contributed by atoms with van der Waals surface area (Å²) in [5.41, 5.74) is -0.727. The monoisotopic (exact) mass is 293 g/mol. The molecule has 0 radical (unpaired) electrons. The van der Waals surface area contributed by atoms with E-state index >= 15 is 0 Å². The largest absolute Gasteiger partial charge is 0.478 e. The van der Waals surface area contributed by atoms with Crippen molar-refractivity contribution in [3.05, 3.63) is 58.9 Å². The van der Waals surface area contributed by atoms with Crippen molar-refractivity contribution in [2.45, 2.75) is 0 Å². The Labute approximate surface area is 116 Å². The van der Waals surface area contributed by atoms with Gasteiger partial charge in [-0.1, -0.05) is 0 Å². The zero-order valence-corrected chi connectivity index (χ0v) is 10.2. The van der Waals surface area contributed by atoms with E-state index in [1.807, 2.05) is 0 Å². The number of carboxylic acids is 1. The Morgan fingerprint density at radius 1 is 1.14 bits per heavy atom. The van der Waals surface area contributed by atoms with E-state index in [2.05, 4.69) is 0 Å². The van der Waals surface area contributed by atoms with E-state index in [9.17, 15) is 18.0 Å². The predicted molar refractivity (Wildman–Crippen MR) is 64.5 cm³/mol. The highest BCUT2D eigenvalue weighted by Crippen LogP contribution is 2.31. The van der Waals surface area contributed by atoms with Crippen LogP contribution >= 0.6 is 0 Å². The van der Waals surface area contributed by atoms with Crippen LogP contribution in [-0.2, 0) is 0 Å². The molecule has 0 aromatic heterocycles. The lowest BCUT2D eigenvalue weighted by Gasteiger charge is -2.10. The molecule has 0 aliphatic rings. The first-order valence-corrected chi connectivity index (χ1v) is 5.52. The molecule has 0 amide bonds. The molecule has 0 aliphatic heterocycles. The Balaban J connectivity index is 2.51. The molecule has 2 aromatic carbocycles. The van der Waals surface area contributed by atoms with Crippen molar-refractivity contribution >= 4 is 5.97 Å². The second kappa shape index (κ2) is 5.54. The fourth-order valence-electron chi connectivity index (χ4n) is 1.59. The minimum Gasteiger partial charge on any atom is -0.478 e. The Kier molecular flexibility index (Phi) is 3.80. The molecule has 106 valence electrons. The number of nitriles is 1. The van der Waals surface area contributed by atoms with Crippen LogP contribution in [0, 0.1) is 28.8 Å². The van der Waals surface area contributed by atoms with Crippen LogP contribution in [0.4, 0.5) is 13.2 Å². The molecule has 0 saturated carbocycles. The molecule has 7 heteroatoms. The average molecular weight is 293 g/mol. The first-order valence-electron chi connectivity index (χ1n) is 5.52. The fourth-order valence-corrected chi connectivity index (χ4v) is 1.59. The average Bonchev–Trinajstić information content (AvgIpc) is 2.42. The summed E-state index contributed by atoms with van der Waals surface area (Å²) in [4.78, 5) is 11.0. The lowest BCUT2D eigenvalue weighted by atomic mass is 10.2. The van der Waals surface area contributed by atoms with Gasteiger partial charge >= 0.3 is 5.97 Å². The number of carbonyl (C=O) groups is 1. The summed E-state index contributed by atoms with van der Waals surface area (Å²) in [6.45, 7) is 0. The maximum atomic E-state index is 13.7. The van der Waals surface area contributed by atoms with Crippen molar-refractivity contribution in [3.63, 3.8) is 0 Å². The summed E-state index contributed by atoms with van der Waals surface area (Å²) in [5, 5.41) is 17.5. The number of halogens is 3. The SMILES string of the molecule is N#Cc1cc(F)c(Oc2cc(F)ccc2C(=O)O)c(F)c1. The number of rotatable bonds is 3. The topological polar surface area (TPSA) is 70.3 Å². The number of hydrogen-bond donors (Lipinski definition) is 1. The van der Waals surface area contributed by atoms with Gasteiger partial charge in [-0.15, -0.1) is 0 Å².